The lowest BCUT2D eigenvalue weighted by atomic mass is 9.91. The van der Waals surface area contributed by atoms with E-state index in [1.807, 2.05) is 19.9 Å². The zero-order valence-electron chi connectivity index (χ0n) is 18.4. The maximum atomic E-state index is 12.7. The molecule has 1 amide bonds. The molecule has 1 heterocycles. The molecule has 0 unspecified atom stereocenters. The van der Waals surface area contributed by atoms with Gasteiger partial charge in [0.05, 0.1) is 19.3 Å². The Kier molecular flexibility index (Phi) is 9.48. The second kappa shape index (κ2) is 11.3. The highest BCUT2D eigenvalue weighted by molar-refractivity contribution is 6.22. The number of epoxide rings is 1. The number of aliphatic hydroxyl groups excluding tert-OH is 1. The van der Waals surface area contributed by atoms with Crippen molar-refractivity contribution in [2.24, 2.45) is 5.73 Å². The summed E-state index contributed by atoms with van der Waals surface area (Å²) in [6.07, 6.45) is 8.54. The van der Waals surface area contributed by atoms with Crippen LogP contribution < -0.4 is 5.73 Å². The molecule has 3 N–H and O–H groups in total. The highest BCUT2D eigenvalue weighted by Gasteiger charge is 2.70. The third-order valence-electron chi connectivity index (χ3n) is 4.60. The molecule has 0 spiro atoms. The Morgan fingerprint density at radius 3 is 2.29 bits per heavy atom. The van der Waals surface area contributed by atoms with E-state index >= 15 is 0 Å². The summed E-state index contributed by atoms with van der Waals surface area (Å²) >= 11 is 0. The fraction of sp³-hybridized carbons (Fsp3) is 0.391. The molecule has 0 aliphatic carbocycles. The number of aliphatic hydroxyl groups is 1. The molecule has 0 radical (unpaired) electrons. The van der Waals surface area contributed by atoms with Crippen molar-refractivity contribution in [2.45, 2.75) is 45.8 Å². The summed E-state index contributed by atoms with van der Waals surface area (Å²) in [5.74, 6) is -2.70. The molecule has 0 saturated carbocycles. The number of carbonyl (C=O) groups is 4. The number of hydrogen-bond acceptors (Lipinski definition) is 7. The Hall–Kier alpha value is -3.10. The zero-order chi connectivity index (χ0) is 23.8. The fourth-order valence-electron chi connectivity index (χ4n) is 2.94. The Morgan fingerprint density at radius 2 is 1.77 bits per heavy atom. The van der Waals surface area contributed by atoms with Gasteiger partial charge >= 0.3 is 5.97 Å². The van der Waals surface area contributed by atoms with Crippen molar-refractivity contribution in [3.8, 4) is 0 Å². The van der Waals surface area contributed by atoms with Crippen molar-refractivity contribution >= 4 is 23.4 Å². The molecule has 1 rings (SSSR count). The van der Waals surface area contributed by atoms with Gasteiger partial charge in [-0.3, -0.25) is 14.4 Å². The summed E-state index contributed by atoms with van der Waals surface area (Å²) in [5, 5.41) is 8.87. The van der Waals surface area contributed by atoms with Crippen LogP contribution in [0.1, 0.15) is 34.1 Å². The maximum absolute atomic E-state index is 12.7. The molecule has 1 saturated heterocycles. The fourth-order valence-corrected chi connectivity index (χ4v) is 2.94. The van der Waals surface area contributed by atoms with E-state index in [2.05, 4.69) is 0 Å². The minimum Gasteiger partial charge on any atom is -0.465 e. The van der Waals surface area contributed by atoms with Crippen LogP contribution in [0.25, 0.3) is 0 Å². The van der Waals surface area contributed by atoms with Crippen LogP contribution in [0.3, 0.4) is 0 Å². The van der Waals surface area contributed by atoms with Gasteiger partial charge in [-0.25, -0.2) is 4.79 Å². The SMILES string of the molecule is C\C=C(/C=C(C)/C=C(C)/C=C/C=C(\C)C(=O)[C@]1(C(N)=O)O[C@H]1C(=O)CCO)C(=O)OC. The first kappa shape index (κ1) is 25.9. The van der Waals surface area contributed by atoms with Crippen LogP contribution in [0.4, 0.5) is 0 Å². The number of methoxy groups -OCH3 is 1. The van der Waals surface area contributed by atoms with Gasteiger partial charge in [0.2, 0.25) is 11.4 Å². The van der Waals surface area contributed by atoms with Crippen LogP contribution >= 0.6 is 0 Å². The molecule has 168 valence electrons. The number of rotatable bonds is 11. The highest BCUT2D eigenvalue weighted by Crippen LogP contribution is 2.40. The third-order valence-corrected chi connectivity index (χ3v) is 4.60. The molecule has 1 fully saturated rings. The van der Waals surface area contributed by atoms with Gasteiger partial charge in [-0.2, -0.15) is 0 Å². The molecule has 8 nitrogen and oxygen atoms in total. The molecule has 0 bridgehead atoms. The van der Waals surface area contributed by atoms with Crippen LogP contribution in [-0.2, 0) is 28.7 Å². The van der Waals surface area contributed by atoms with Crippen LogP contribution in [-0.4, -0.2) is 54.0 Å². The number of Topliss-reactive ketones (excluding diaryl/α,β-unsaturated/α-hetero) is 2. The van der Waals surface area contributed by atoms with Crippen molar-refractivity contribution < 1.29 is 33.8 Å². The summed E-state index contributed by atoms with van der Waals surface area (Å²) < 4.78 is 9.81. The summed E-state index contributed by atoms with van der Waals surface area (Å²) in [6.45, 7) is 6.49. The number of nitrogens with two attached hydrogens (primary N) is 1. The van der Waals surface area contributed by atoms with Gasteiger partial charge < -0.3 is 20.3 Å². The number of allylic oxidation sites excluding steroid dienone is 7. The van der Waals surface area contributed by atoms with Crippen molar-refractivity contribution in [2.75, 3.05) is 13.7 Å². The molecule has 2 atom stereocenters. The van der Waals surface area contributed by atoms with E-state index in [1.165, 1.54) is 20.1 Å². The van der Waals surface area contributed by atoms with E-state index in [-0.39, 0.29) is 12.0 Å². The van der Waals surface area contributed by atoms with E-state index in [9.17, 15) is 19.2 Å². The second-order valence-corrected chi connectivity index (χ2v) is 7.09. The molecule has 0 aromatic rings. The lowest BCUT2D eigenvalue weighted by molar-refractivity contribution is -0.136. The number of esters is 1. The van der Waals surface area contributed by atoms with Crippen LogP contribution in [0.5, 0.6) is 0 Å². The van der Waals surface area contributed by atoms with Gasteiger partial charge in [0.15, 0.2) is 11.9 Å². The van der Waals surface area contributed by atoms with E-state index in [0.29, 0.717) is 5.57 Å². The second-order valence-electron chi connectivity index (χ2n) is 7.09. The molecule has 1 aliphatic rings. The highest BCUT2D eigenvalue weighted by atomic mass is 16.6. The minimum absolute atomic E-state index is 0.191. The zero-order valence-corrected chi connectivity index (χ0v) is 18.4. The largest absolute Gasteiger partial charge is 0.465 e. The maximum Gasteiger partial charge on any atom is 0.337 e. The van der Waals surface area contributed by atoms with Crippen LogP contribution in [0.2, 0.25) is 0 Å². The number of amides is 1. The van der Waals surface area contributed by atoms with Crippen LogP contribution in [0, 0.1) is 0 Å². The summed E-state index contributed by atoms with van der Waals surface area (Å²) in [5.41, 5.74) is 5.60. The standard InChI is InChI=1S/C23H29NO7/c1-6-17(21(28)30-5)13-15(3)12-14(2)8-7-9-16(4)19(27)23(22(24)29)20(31-23)18(26)10-11-25/h6-9,12-13,20,25H,10-11H2,1-5H3,(H2,24,29)/b8-7+,14-12+,15-13+,16-9+,17-6+/t20-,23-/m0/s1. The van der Waals surface area contributed by atoms with E-state index in [0.717, 1.165) is 11.1 Å². The van der Waals surface area contributed by atoms with Crippen molar-refractivity contribution in [3.05, 3.63) is 58.7 Å². The summed E-state index contributed by atoms with van der Waals surface area (Å²) in [7, 11) is 1.31. The van der Waals surface area contributed by atoms with Crippen molar-refractivity contribution in [1.82, 2.24) is 0 Å². The first-order valence-corrected chi connectivity index (χ1v) is 9.67. The quantitative estimate of drug-likeness (QED) is 0.167. The average Bonchev–Trinajstić information content (AvgIpc) is 3.48. The third kappa shape index (κ3) is 6.44. The van der Waals surface area contributed by atoms with E-state index in [4.69, 9.17) is 20.3 Å². The van der Waals surface area contributed by atoms with Gasteiger partial charge in [0.1, 0.15) is 0 Å². The predicted molar refractivity (Wildman–Crippen MR) is 115 cm³/mol. The Bertz CT molecular complexity index is 905. The number of ether oxygens (including phenoxy) is 2. The normalized spacial score (nSPS) is 22.5. The number of primary amides is 1. The average molecular weight is 431 g/mol. The van der Waals surface area contributed by atoms with Crippen molar-refractivity contribution in [3.63, 3.8) is 0 Å². The molecule has 0 aromatic heterocycles. The first-order chi connectivity index (χ1) is 14.5. The molecule has 8 heteroatoms. The van der Waals surface area contributed by atoms with Gasteiger partial charge in [0, 0.05) is 6.42 Å². The molecular weight excluding hydrogens is 402 g/mol. The summed E-state index contributed by atoms with van der Waals surface area (Å²) in [4.78, 5) is 48.0. The first-order valence-electron chi connectivity index (χ1n) is 9.67. The van der Waals surface area contributed by atoms with Crippen LogP contribution in [0.15, 0.2) is 58.7 Å². The van der Waals surface area contributed by atoms with Gasteiger partial charge in [-0.15, -0.1) is 0 Å². The number of ketones is 2. The van der Waals surface area contributed by atoms with Gasteiger partial charge in [-0.1, -0.05) is 41.5 Å². The molecule has 0 aromatic carbocycles. The van der Waals surface area contributed by atoms with Crippen molar-refractivity contribution in [1.29, 1.82) is 0 Å². The number of hydrogen-bond donors (Lipinski definition) is 2. The van der Waals surface area contributed by atoms with E-state index < -0.39 is 41.8 Å². The molecular formula is C23H29NO7. The lowest BCUT2D eigenvalue weighted by Gasteiger charge is -2.07. The van der Waals surface area contributed by atoms with Gasteiger partial charge in [0.25, 0.3) is 5.91 Å². The smallest absolute Gasteiger partial charge is 0.337 e. The minimum atomic E-state index is -2.00. The van der Waals surface area contributed by atoms with Gasteiger partial charge in [-0.05, 0) is 39.3 Å². The Labute approximate surface area is 181 Å². The van der Waals surface area contributed by atoms with E-state index in [1.54, 1.807) is 31.2 Å². The summed E-state index contributed by atoms with van der Waals surface area (Å²) in [6, 6.07) is 0. The Morgan fingerprint density at radius 1 is 1.13 bits per heavy atom. The lowest BCUT2D eigenvalue weighted by Crippen LogP contribution is -2.43. The topological polar surface area (TPSA) is 136 Å². The monoisotopic (exact) mass is 431 g/mol. The molecule has 31 heavy (non-hydrogen) atoms. The molecule has 1 aliphatic heterocycles. The number of carbonyl (C=O) groups excluding carboxylic acids is 4. The predicted octanol–water partition coefficient (Wildman–Crippen LogP) is 1.64. The Balaban J connectivity index is 2.94.